The zero-order chi connectivity index (χ0) is 11.4. The van der Waals surface area contributed by atoms with Gasteiger partial charge in [-0.15, -0.1) is 0 Å². The monoisotopic (exact) mass is 226 g/mol. The molecule has 2 rings (SSSR count). The number of aliphatic hydroxyl groups excluding tert-OH is 1. The third kappa shape index (κ3) is 2.96. The number of nitrogens with two attached hydrogens (primary N) is 1. The first-order valence-corrected chi connectivity index (χ1v) is 6.95. The second-order valence-electron chi connectivity index (χ2n) is 5.51. The first-order valence-electron chi connectivity index (χ1n) is 6.95. The third-order valence-electron chi connectivity index (χ3n) is 4.37. The highest BCUT2D eigenvalue weighted by molar-refractivity contribution is 4.88. The second kappa shape index (κ2) is 5.99. The van der Waals surface area contributed by atoms with Crippen LogP contribution in [0.4, 0.5) is 0 Å². The van der Waals surface area contributed by atoms with Crippen LogP contribution in [0.3, 0.4) is 0 Å². The lowest BCUT2D eigenvalue weighted by Crippen LogP contribution is -2.51. The van der Waals surface area contributed by atoms with Crippen LogP contribution in [0.5, 0.6) is 0 Å². The van der Waals surface area contributed by atoms with Gasteiger partial charge in [-0.1, -0.05) is 25.7 Å². The molecule has 0 aromatic rings. The van der Waals surface area contributed by atoms with Crippen LogP contribution in [0.25, 0.3) is 0 Å². The zero-order valence-corrected chi connectivity index (χ0v) is 10.2. The van der Waals surface area contributed by atoms with Crippen LogP contribution in [-0.2, 0) is 0 Å². The summed E-state index contributed by atoms with van der Waals surface area (Å²) in [4.78, 5) is 0. The minimum Gasteiger partial charge on any atom is -0.392 e. The van der Waals surface area contributed by atoms with Gasteiger partial charge in [0.25, 0.3) is 0 Å². The van der Waals surface area contributed by atoms with Crippen molar-refractivity contribution in [3.8, 4) is 0 Å². The molecule has 0 saturated heterocycles. The molecule has 3 heteroatoms. The van der Waals surface area contributed by atoms with Crippen molar-refractivity contribution in [2.24, 2.45) is 11.7 Å². The Hall–Kier alpha value is -0.120. The number of hydrogen-bond acceptors (Lipinski definition) is 3. The second-order valence-corrected chi connectivity index (χ2v) is 5.51. The van der Waals surface area contributed by atoms with E-state index in [4.69, 9.17) is 5.73 Å². The summed E-state index contributed by atoms with van der Waals surface area (Å²) < 4.78 is 0. The van der Waals surface area contributed by atoms with E-state index in [0.29, 0.717) is 18.0 Å². The van der Waals surface area contributed by atoms with E-state index in [2.05, 4.69) is 5.32 Å². The van der Waals surface area contributed by atoms with Gasteiger partial charge in [-0.05, 0) is 38.1 Å². The van der Waals surface area contributed by atoms with Crippen molar-refractivity contribution in [2.45, 2.75) is 69.6 Å². The lowest BCUT2D eigenvalue weighted by molar-refractivity contribution is 0.0750. The number of hydrogen-bond donors (Lipinski definition) is 3. The molecule has 4 unspecified atom stereocenters. The van der Waals surface area contributed by atoms with Crippen molar-refractivity contribution in [2.75, 3.05) is 6.54 Å². The average molecular weight is 226 g/mol. The molecule has 0 aromatic heterocycles. The van der Waals surface area contributed by atoms with Gasteiger partial charge >= 0.3 is 0 Å². The maximum absolute atomic E-state index is 9.96. The molecular weight excluding hydrogens is 200 g/mol. The summed E-state index contributed by atoms with van der Waals surface area (Å²) in [7, 11) is 0. The maximum Gasteiger partial charge on any atom is 0.0693 e. The predicted molar refractivity (Wildman–Crippen MR) is 66.2 cm³/mol. The van der Waals surface area contributed by atoms with Crippen LogP contribution in [0.1, 0.15) is 51.4 Å². The normalized spacial score (nSPS) is 40.9. The van der Waals surface area contributed by atoms with E-state index in [1.807, 2.05) is 0 Å². The molecule has 2 aliphatic rings. The molecule has 3 nitrogen and oxygen atoms in total. The van der Waals surface area contributed by atoms with E-state index in [-0.39, 0.29) is 6.10 Å². The lowest BCUT2D eigenvalue weighted by atomic mass is 9.82. The summed E-state index contributed by atoms with van der Waals surface area (Å²) in [6.07, 6.45) is 9.56. The van der Waals surface area contributed by atoms with Crippen molar-refractivity contribution >= 4 is 0 Å². The minimum absolute atomic E-state index is 0.130. The molecule has 2 fully saturated rings. The summed E-state index contributed by atoms with van der Waals surface area (Å²) in [5.74, 6) is 0.628. The fourth-order valence-electron chi connectivity index (χ4n) is 3.29. The predicted octanol–water partition coefficient (Wildman–Crippen LogP) is 1.40. The summed E-state index contributed by atoms with van der Waals surface area (Å²) in [5, 5.41) is 13.6. The molecule has 94 valence electrons. The zero-order valence-electron chi connectivity index (χ0n) is 10.2. The van der Waals surface area contributed by atoms with E-state index in [1.54, 1.807) is 0 Å². The molecule has 4 atom stereocenters. The van der Waals surface area contributed by atoms with Crippen LogP contribution in [0.2, 0.25) is 0 Å². The third-order valence-corrected chi connectivity index (χ3v) is 4.37. The Morgan fingerprint density at radius 1 is 0.938 bits per heavy atom. The lowest BCUT2D eigenvalue weighted by Gasteiger charge is -2.37. The van der Waals surface area contributed by atoms with Gasteiger partial charge in [0, 0.05) is 12.1 Å². The summed E-state index contributed by atoms with van der Waals surface area (Å²) >= 11 is 0. The summed E-state index contributed by atoms with van der Waals surface area (Å²) in [6, 6.07) is 0.877. The van der Waals surface area contributed by atoms with Gasteiger partial charge < -0.3 is 16.2 Å². The van der Waals surface area contributed by atoms with Crippen LogP contribution in [0.15, 0.2) is 0 Å². The molecule has 0 aliphatic heterocycles. The van der Waals surface area contributed by atoms with E-state index in [0.717, 1.165) is 19.4 Å². The quantitative estimate of drug-likeness (QED) is 0.682. The largest absolute Gasteiger partial charge is 0.392 e. The number of rotatable bonds is 3. The highest BCUT2D eigenvalue weighted by Crippen LogP contribution is 2.26. The Bertz CT molecular complexity index is 210. The molecule has 0 amide bonds. The molecule has 0 aromatic carbocycles. The Morgan fingerprint density at radius 2 is 1.56 bits per heavy atom. The van der Waals surface area contributed by atoms with Crippen molar-refractivity contribution < 1.29 is 5.11 Å². The fourth-order valence-corrected chi connectivity index (χ4v) is 3.29. The Labute approximate surface area is 98.8 Å². The molecule has 2 saturated carbocycles. The minimum atomic E-state index is -0.130. The molecular formula is C13H26N2O. The van der Waals surface area contributed by atoms with Gasteiger partial charge in [-0.3, -0.25) is 0 Å². The highest BCUT2D eigenvalue weighted by Gasteiger charge is 2.29. The van der Waals surface area contributed by atoms with Crippen LogP contribution in [0, 0.1) is 5.92 Å². The molecule has 4 N–H and O–H groups in total. The van der Waals surface area contributed by atoms with Gasteiger partial charge in [0.15, 0.2) is 0 Å². The van der Waals surface area contributed by atoms with Crippen molar-refractivity contribution in [3.05, 3.63) is 0 Å². The summed E-state index contributed by atoms with van der Waals surface area (Å²) in [5.41, 5.74) is 5.83. The van der Waals surface area contributed by atoms with Crippen molar-refractivity contribution in [3.63, 3.8) is 0 Å². The summed E-state index contributed by atoms with van der Waals surface area (Å²) in [6.45, 7) is 0.792. The van der Waals surface area contributed by atoms with Gasteiger partial charge in [0.05, 0.1) is 6.10 Å². The SMILES string of the molecule is NCC1CCCCC1NC1CCCCC1O. The highest BCUT2D eigenvalue weighted by atomic mass is 16.3. The van der Waals surface area contributed by atoms with Crippen LogP contribution < -0.4 is 11.1 Å². The average Bonchev–Trinajstić information content (AvgIpc) is 2.33. The molecule has 2 aliphatic carbocycles. The van der Waals surface area contributed by atoms with Crippen molar-refractivity contribution in [1.82, 2.24) is 5.32 Å². The first-order chi connectivity index (χ1) is 7.81. The molecule has 0 heterocycles. The Morgan fingerprint density at radius 3 is 2.25 bits per heavy atom. The molecule has 16 heavy (non-hydrogen) atoms. The first kappa shape index (κ1) is 12.3. The van der Waals surface area contributed by atoms with Crippen molar-refractivity contribution in [1.29, 1.82) is 0 Å². The number of aliphatic hydroxyl groups is 1. The molecule has 0 radical (unpaired) electrons. The van der Waals surface area contributed by atoms with E-state index in [1.165, 1.54) is 38.5 Å². The Balaban J connectivity index is 1.86. The smallest absolute Gasteiger partial charge is 0.0693 e. The molecule has 0 bridgehead atoms. The fraction of sp³-hybridized carbons (Fsp3) is 1.00. The van der Waals surface area contributed by atoms with Gasteiger partial charge in [-0.25, -0.2) is 0 Å². The van der Waals surface area contributed by atoms with Gasteiger partial charge in [0.2, 0.25) is 0 Å². The van der Waals surface area contributed by atoms with Crippen LogP contribution in [-0.4, -0.2) is 29.8 Å². The van der Waals surface area contributed by atoms with Gasteiger partial charge in [0.1, 0.15) is 0 Å². The van der Waals surface area contributed by atoms with E-state index >= 15 is 0 Å². The van der Waals surface area contributed by atoms with E-state index < -0.39 is 0 Å². The standard InChI is InChI=1S/C13H26N2O/c14-9-10-5-1-2-6-11(10)15-12-7-3-4-8-13(12)16/h10-13,15-16H,1-9,14H2. The Kier molecular flexibility index (Phi) is 4.62. The topological polar surface area (TPSA) is 58.3 Å². The van der Waals surface area contributed by atoms with E-state index in [9.17, 15) is 5.11 Å². The maximum atomic E-state index is 9.96. The van der Waals surface area contributed by atoms with Crippen LogP contribution >= 0.6 is 0 Å². The van der Waals surface area contributed by atoms with Gasteiger partial charge in [-0.2, -0.15) is 0 Å². The molecule has 0 spiro atoms. The number of nitrogens with one attached hydrogen (secondary N) is 1.